The zero-order valence-electron chi connectivity index (χ0n) is 8.19. The molecule has 0 bridgehead atoms. The first-order valence-electron chi connectivity index (χ1n) is 4.99. The lowest BCUT2D eigenvalue weighted by Crippen LogP contribution is -2.21. The third-order valence-electron chi connectivity index (χ3n) is 3.07. The summed E-state index contributed by atoms with van der Waals surface area (Å²) in [6.45, 7) is 1.75. The number of hydrogen-bond donors (Lipinski definition) is 1. The maximum Gasteiger partial charge on any atom is 0.306 e. The fourth-order valence-corrected chi connectivity index (χ4v) is 2.17. The van der Waals surface area contributed by atoms with E-state index in [-0.39, 0.29) is 11.8 Å². The summed E-state index contributed by atoms with van der Waals surface area (Å²) in [5.41, 5.74) is 1.19. The number of furan rings is 1. The number of fused-ring (bicyclic) bond motifs is 1. The van der Waals surface area contributed by atoms with Crippen molar-refractivity contribution < 1.29 is 14.3 Å². The molecule has 2 atom stereocenters. The number of carbonyl (C=O) groups is 1. The van der Waals surface area contributed by atoms with Crippen LogP contribution in [-0.2, 0) is 11.2 Å². The summed E-state index contributed by atoms with van der Waals surface area (Å²) in [5.74, 6) is -0.128. The smallest absolute Gasteiger partial charge is 0.306 e. The van der Waals surface area contributed by atoms with E-state index in [2.05, 4.69) is 0 Å². The Morgan fingerprint density at radius 2 is 2.50 bits per heavy atom. The first kappa shape index (κ1) is 9.31. The molecule has 1 aliphatic rings. The van der Waals surface area contributed by atoms with Crippen LogP contribution >= 0.6 is 0 Å². The van der Waals surface area contributed by atoms with Crippen LogP contribution in [0.5, 0.6) is 0 Å². The van der Waals surface area contributed by atoms with Crippen molar-refractivity contribution in [1.82, 2.24) is 0 Å². The van der Waals surface area contributed by atoms with Crippen molar-refractivity contribution in [2.75, 3.05) is 0 Å². The summed E-state index contributed by atoms with van der Waals surface area (Å²) in [6.07, 6.45) is 4.68. The standard InChI is InChI=1S/C11H14O3/c1-7(11(12)13)9-4-2-3-8-5-6-14-10(8)9/h5-7,9H,2-4H2,1H3,(H,12,13). The van der Waals surface area contributed by atoms with Gasteiger partial charge in [-0.3, -0.25) is 4.79 Å². The first-order valence-corrected chi connectivity index (χ1v) is 4.99. The second-order valence-corrected chi connectivity index (χ2v) is 3.94. The van der Waals surface area contributed by atoms with E-state index in [1.165, 1.54) is 5.56 Å². The van der Waals surface area contributed by atoms with Gasteiger partial charge in [0, 0.05) is 5.92 Å². The van der Waals surface area contributed by atoms with Gasteiger partial charge in [-0.05, 0) is 30.9 Å². The highest BCUT2D eigenvalue weighted by atomic mass is 16.4. The molecule has 76 valence electrons. The molecule has 2 unspecified atom stereocenters. The summed E-state index contributed by atoms with van der Waals surface area (Å²) in [6, 6.07) is 1.95. The average molecular weight is 194 g/mol. The second-order valence-electron chi connectivity index (χ2n) is 3.94. The molecule has 14 heavy (non-hydrogen) atoms. The minimum absolute atomic E-state index is 0.0613. The van der Waals surface area contributed by atoms with Crippen LogP contribution in [0.4, 0.5) is 0 Å². The van der Waals surface area contributed by atoms with E-state index in [9.17, 15) is 4.79 Å². The fraction of sp³-hybridized carbons (Fsp3) is 0.545. The van der Waals surface area contributed by atoms with Crippen molar-refractivity contribution in [3.63, 3.8) is 0 Å². The Bertz CT molecular complexity index is 340. The number of aryl methyl sites for hydroxylation is 1. The number of carboxylic acid groups (broad SMARTS) is 1. The van der Waals surface area contributed by atoms with Gasteiger partial charge in [0.05, 0.1) is 12.2 Å². The van der Waals surface area contributed by atoms with Gasteiger partial charge in [0.25, 0.3) is 0 Å². The van der Waals surface area contributed by atoms with Gasteiger partial charge in [0.15, 0.2) is 0 Å². The topological polar surface area (TPSA) is 50.4 Å². The molecule has 2 rings (SSSR count). The molecule has 0 amide bonds. The van der Waals surface area contributed by atoms with Gasteiger partial charge in [-0.25, -0.2) is 0 Å². The third kappa shape index (κ3) is 1.43. The Labute approximate surface area is 82.7 Å². The molecule has 0 aromatic carbocycles. The molecule has 0 saturated carbocycles. The molecule has 0 aliphatic heterocycles. The number of carboxylic acids is 1. The van der Waals surface area contributed by atoms with Crippen LogP contribution in [0.2, 0.25) is 0 Å². The molecule has 0 radical (unpaired) electrons. The van der Waals surface area contributed by atoms with Gasteiger partial charge in [-0.2, -0.15) is 0 Å². The SMILES string of the molecule is CC(C(=O)O)C1CCCc2ccoc21. The molecule has 0 fully saturated rings. The van der Waals surface area contributed by atoms with Crippen LogP contribution in [0.1, 0.15) is 37.0 Å². The lowest BCUT2D eigenvalue weighted by molar-refractivity contribution is -0.142. The predicted octanol–water partition coefficient (Wildman–Crippen LogP) is 2.42. The van der Waals surface area contributed by atoms with E-state index < -0.39 is 5.97 Å². The molecule has 1 aromatic rings. The van der Waals surface area contributed by atoms with Gasteiger partial charge in [-0.15, -0.1) is 0 Å². The predicted molar refractivity (Wildman–Crippen MR) is 51.2 cm³/mol. The van der Waals surface area contributed by atoms with Crippen LogP contribution in [0.15, 0.2) is 16.7 Å². The molecule has 3 heteroatoms. The van der Waals surface area contributed by atoms with Crippen molar-refractivity contribution in [3.05, 3.63) is 23.7 Å². The largest absolute Gasteiger partial charge is 0.481 e. The lowest BCUT2D eigenvalue weighted by Gasteiger charge is -2.23. The zero-order valence-corrected chi connectivity index (χ0v) is 8.19. The summed E-state index contributed by atoms with van der Waals surface area (Å²) in [4.78, 5) is 10.9. The summed E-state index contributed by atoms with van der Waals surface area (Å²) < 4.78 is 5.38. The summed E-state index contributed by atoms with van der Waals surface area (Å²) in [7, 11) is 0. The highest BCUT2D eigenvalue weighted by molar-refractivity contribution is 5.70. The van der Waals surface area contributed by atoms with E-state index in [0.717, 1.165) is 25.0 Å². The molecule has 0 saturated heterocycles. The average Bonchev–Trinajstić information content (AvgIpc) is 2.63. The Morgan fingerprint density at radius 3 is 3.21 bits per heavy atom. The van der Waals surface area contributed by atoms with Gasteiger partial charge >= 0.3 is 5.97 Å². The molecule has 1 aliphatic carbocycles. The molecular weight excluding hydrogens is 180 g/mol. The van der Waals surface area contributed by atoms with Crippen LogP contribution in [0.25, 0.3) is 0 Å². The second kappa shape index (κ2) is 3.48. The van der Waals surface area contributed by atoms with Gasteiger partial charge in [0.2, 0.25) is 0 Å². The molecule has 1 heterocycles. The van der Waals surface area contributed by atoms with E-state index >= 15 is 0 Å². The fourth-order valence-electron chi connectivity index (χ4n) is 2.17. The maximum absolute atomic E-state index is 10.9. The molecule has 0 spiro atoms. The summed E-state index contributed by atoms with van der Waals surface area (Å²) >= 11 is 0. The van der Waals surface area contributed by atoms with Gasteiger partial charge in [0.1, 0.15) is 5.76 Å². The van der Waals surface area contributed by atoms with Crippen LogP contribution in [0.3, 0.4) is 0 Å². The van der Waals surface area contributed by atoms with Gasteiger partial charge in [-0.1, -0.05) is 6.92 Å². The van der Waals surface area contributed by atoms with Crippen molar-refractivity contribution >= 4 is 5.97 Å². The number of rotatable bonds is 2. The Balaban J connectivity index is 2.28. The van der Waals surface area contributed by atoms with Crippen molar-refractivity contribution in [1.29, 1.82) is 0 Å². The molecule has 3 nitrogen and oxygen atoms in total. The third-order valence-corrected chi connectivity index (χ3v) is 3.07. The van der Waals surface area contributed by atoms with Crippen LogP contribution < -0.4 is 0 Å². The van der Waals surface area contributed by atoms with E-state index in [0.29, 0.717) is 0 Å². The number of hydrogen-bond acceptors (Lipinski definition) is 2. The monoisotopic (exact) mass is 194 g/mol. The Morgan fingerprint density at radius 1 is 1.71 bits per heavy atom. The minimum Gasteiger partial charge on any atom is -0.481 e. The van der Waals surface area contributed by atoms with E-state index in [1.807, 2.05) is 6.07 Å². The van der Waals surface area contributed by atoms with Crippen LogP contribution in [0, 0.1) is 5.92 Å². The van der Waals surface area contributed by atoms with E-state index in [4.69, 9.17) is 9.52 Å². The first-order chi connectivity index (χ1) is 6.70. The summed E-state index contributed by atoms with van der Waals surface area (Å²) in [5, 5.41) is 8.96. The Kier molecular flexibility index (Phi) is 2.32. The molecular formula is C11H14O3. The lowest BCUT2D eigenvalue weighted by atomic mass is 9.81. The highest BCUT2D eigenvalue weighted by Gasteiger charge is 2.31. The van der Waals surface area contributed by atoms with Crippen molar-refractivity contribution in [2.45, 2.75) is 32.1 Å². The van der Waals surface area contributed by atoms with E-state index in [1.54, 1.807) is 13.2 Å². The molecule has 1 N–H and O–H groups in total. The van der Waals surface area contributed by atoms with Crippen molar-refractivity contribution in [3.8, 4) is 0 Å². The quantitative estimate of drug-likeness (QED) is 0.786. The highest BCUT2D eigenvalue weighted by Crippen LogP contribution is 2.37. The maximum atomic E-state index is 10.9. The van der Waals surface area contributed by atoms with Crippen molar-refractivity contribution in [2.24, 2.45) is 5.92 Å². The minimum atomic E-state index is -0.737. The number of aliphatic carboxylic acids is 1. The van der Waals surface area contributed by atoms with Gasteiger partial charge < -0.3 is 9.52 Å². The normalized spacial score (nSPS) is 22.8. The zero-order chi connectivity index (χ0) is 10.1. The van der Waals surface area contributed by atoms with Crippen LogP contribution in [-0.4, -0.2) is 11.1 Å². The molecule has 1 aromatic heterocycles. The Hall–Kier alpha value is -1.25.